The number of benzene rings is 1. The molecule has 1 aromatic heterocycles. The van der Waals surface area contributed by atoms with Crippen LogP contribution in [0.25, 0.3) is 0 Å². The number of carbonyl (C=O) groups is 1. The molecule has 5 nitrogen and oxygen atoms in total. The van der Waals surface area contributed by atoms with Crippen LogP contribution in [0.1, 0.15) is 4.88 Å². The summed E-state index contributed by atoms with van der Waals surface area (Å²) in [7, 11) is -3.17. The Labute approximate surface area is 162 Å². The molecule has 0 N–H and O–H groups in total. The number of hydrogen-bond donors (Lipinski definition) is 0. The summed E-state index contributed by atoms with van der Waals surface area (Å²) in [5.74, 6) is 0.0366. The highest BCUT2D eigenvalue weighted by molar-refractivity contribution is 7.91. The molecule has 3 heterocycles. The lowest BCUT2D eigenvalue weighted by molar-refractivity contribution is -0.123. The van der Waals surface area contributed by atoms with Gasteiger partial charge in [-0.15, -0.1) is 11.3 Å². The Morgan fingerprint density at radius 2 is 1.96 bits per heavy atom. The lowest BCUT2D eigenvalue weighted by Gasteiger charge is -2.43. The second-order valence-corrected chi connectivity index (χ2v) is 10.4. The second kappa shape index (κ2) is 6.96. The summed E-state index contributed by atoms with van der Waals surface area (Å²) in [6.07, 6.45) is 0.825. The first kappa shape index (κ1) is 18.0. The molecule has 0 bridgehead atoms. The fourth-order valence-corrected chi connectivity index (χ4v) is 6.74. The maximum atomic E-state index is 12.9. The zero-order chi connectivity index (χ0) is 18.3. The summed E-state index contributed by atoms with van der Waals surface area (Å²) in [6, 6.07) is 10.6. The molecule has 2 aliphatic rings. The predicted molar refractivity (Wildman–Crippen MR) is 105 cm³/mol. The molecule has 4 rings (SSSR count). The van der Waals surface area contributed by atoms with Crippen molar-refractivity contribution in [1.29, 1.82) is 0 Å². The average molecular weight is 411 g/mol. The zero-order valence-corrected chi connectivity index (χ0v) is 16.4. The van der Waals surface area contributed by atoms with Gasteiger partial charge in [0.25, 0.3) is 0 Å². The van der Waals surface area contributed by atoms with Gasteiger partial charge in [0, 0.05) is 28.2 Å². The van der Waals surface area contributed by atoms with E-state index in [1.54, 1.807) is 34.4 Å². The molecule has 1 aromatic carbocycles. The molecular formula is C18H19ClN2O3S2. The summed E-state index contributed by atoms with van der Waals surface area (Å²) >= 11 is 7.76. The van der Waals surface area contributed by atoms with E-state index in [1.807, 2.05) is 22.4 Å². The number of amides is 1. The van der Waals surface area contributed by atoms with Gasteiger partial charge in [0.2, 0.25) is 5.91 Å². The molecule has 2 atom stereocenters. The normalized spacial score (nSPS) is 25.4. The number of piperazine rings is 1. The topological polar surface area (TPSA) is 57.7 Å². The molecule has 0 aliphatic carbocycles. The second-order valence-electron chi connectivity index (χ2n) is 6.76. The first-order chi connectivity index (χ1) is 12.4. The van der Waals surface area contributed by atoms with Crippen molar-refractivity contribution in [3.05, 3.63) is 51.7 Å². The number of nitrogens with zero attached hydrogens (tertiary/aromatic N) is 2. The van der Waals surface area contributed by atoms with Crippen molar-refractivity contribution in [1.82, 2.24) is 4.90 Å². The smallest absolute Gasteiger partial charge is 0.241 e. The minimum atomic E-state index is -3.17. The number of thiophene rings is 1. The van der Waals surface area contributed by atoms with Crippen LogP contribution in [0.2, 0.25) is 5.02 Å². The molecular weight excluding hydrogens is 392 g/mol. The van der Waals surface area contributed by atoms with Crippen LogP contribution in [-0.2, 0) is 21.1 Å². The molecule has 2 aliphatic heterocycles. The van der Waals surface area contributed by atoms with Crippen molar-refractivity contribution in [2.75, 3.05) is 29.5 Å². The van der Waals surface area contributed by atoms with E-state index in [4.69, 9.17) is 11.6 Å². The molecule has 0 unspecified atom stereocenters. The maximum absolute atomic E-state index is 12.9. The summed E-state index contributed by atoms with van der Waals surface area (Å²) < 4.78 is 24.7. The number of fused-ring (bicyclic) bond motifs is 1. The highest BCUT2D eigenvalue weighted by Crippen LogP contribution is 2.32. The van der Waals surface area contributed by atoms with Crippen LogP contribution in [0, 0.1) is 0 Å². The van der Waals surface area contributed by atoms with Gasteiger partial charge < -0.3 is 4.90 Å². The number of sulfone groups is 1. The Bertz CT molecular complexity index is 914. The molecule has 0 saturated carbocycles. The fraction of sp³-hybridized carbons (Fsp3) is 0.389. The van der Waals surface area contributed by atoms with Crippen LogP contribution in [0.5, 0.6) is 0 Å². The van der Waals surface area contributed by atoms with E-state index >= 15 is 0 Å². The van der Waals surface area contributed by atoms with Crippen LogP contribution in [0.15, 0.2) is 41.8 Å². The molecule has 138 valence electrons. The van der Waals surface area contributed by atoms with Gasteiger partial charge in [-0.1, -0.05) is 23.7 Å². The van der Waals surface area contributed by atoms with Gasteiger partial charge in [-0.25, -0.2) is 8.42 Å². The van der Waals surface area contributed by atoms with Gasteiger partial charge in [-0.3, -0.25) is 9.69 Å². The van der Waals surface area contributed by atoms with Gasteiger partial charge in [0.15, 0.2) is 9.84 Å². The summed E-state index contributed by atoms with van der Waals surface area (Å²) in [5, 5.41) is 2.56. The Morgan fingerprint density at radius 3 is 2.69 bits per heavy atom. The van der Waals surface area contributed by atoms with Crippen molar-refractivity contribution in [3.8, 4) is 0 Å². The van der Waals surface area contributed by atoms with E-state index in [0.717, 1.165) is 6.42 Å². The Balaban J connectivity index is 1.61. The number of halogens is 1. The monoisotopic (exact) mass is 410 g/mol. The van der Waals surface area contributed by atoms with Crippen LogP contribution in [0.4, 0.5) is 5.69 Å². The van der Waals surface area contributed by atoms with Crippen molar-refractivity contribution in [2.45, 2.75) is 18.5 Å². The molecule has 2 aromatic rings. The van der Waals surface area contributed by atoms with Crippen LogP contribution in [0.3, 0.4) is 0 Å². The van der Waals surface area contributed by atoms with E-state index in [2.05, 4.69) is 6.07 Å². The predicted octanol–water partition coefficient (Wildman–Crippen LogP) is 2.46. The number of carbonyl (C=O) groups excluding carboxylic acids is 1. The first-order valence-corrected chi connectivity index (χ1v) is 11.6. The van der Waals surface area contributed by atoms with Crippen LogP contribution >= 0.6 is 22.9 Å². The Morgan fingerprint density at radius 1 is 1.15 bits per heavy atom. The van der Waals surface area contributed by atoms with Gasteiger partial charge in [-0.05, 0) is 36.1 Å². The SMILES string of the molecule is O=C1CN(CCc2cccs2)[C@@H]2CS(=O)(=O)C[C@H]2N1c1cccc(Cl)c1. The molecule has 0 spiro atoms. The summed E-state index contributed by atoms with van der Waals surface area (Å²) in [6.45, 7) is 0.918. The maximum Gasteiger partial charge on any atom is 0.241 e. The lowest BCUT2D eigenvalue weighted by atomic mass is 10.0. The quantitative estimate of drug-likeness (QED) is 0.776. The molecule has 2 fully saturated rings. The van der Waals surface area contributed by atoms with E-state index in [1.165, 1.54) is 4.88 Å². The summed E-state index contributed by atoms with van der Waals surface area (Å²) in [4.78, 5) is 17.8. The van der Waals surface area contributed by atoms with E-state index in [-0.39, 0.29) is 36.0 Å². The van der Waals surface area contributed by atoms with Crippen molar-refractivity contribution in [3.63, 3.8) is 0 Å². The molecule has 2 saturated heterocycles. The lowest BCUT2D eigenvalue weighted by Crippen LogP contribution is -2.62. The van der Waals surface area contributed by atoms with Crippen LogP contribution < -0.4 is 4.90 Å². The summed E-state index contributed by atoms with van der Waals surface area (Å²) in [5.41, 5.74) is 0.674. The zero-order valence-electron chi connectivity index (χ0n) is 14.0. The average Bonchev–Trinajstić information content (AvgIpc) is 3.19. The van der Waals surface area contributed by atoms with E-state index < -0.39 is 9.84 Å². The molecule has 8 heteroatoms. The highest BCUT2D eigenvalue weighted by atomic mass is 35.5. The third-order valence-corrected chi connectivity index (χ3v) is 7.88. The number of hydrogen-bond acceptors (Lipinski definition) is 5. The van der Waals surface area contributed by atoms with Gasteiger partial charge in [0.1, 0.15) is 0 Å². The van der Waals surface area contributed by atoms with E-state index in [0.29, 0.717) is 17.3 Å². The molecule has 26 heavy (non-hydrogen) atoms. The Hall–Kier alpha value is -1.41. The molecule has 0 radical (unpaired) electrons. The largest absolute Gasteiger partial charge is 0.306 e. The van der Waals surface area contributed by atoms with Crippen molar-refractivity contribution in [2.24, 2.45) is 0 Å². The van der Waals surface area contributed by atoms with Crippen LogP contribution in [-0.4, -0.2) is 55.9 Å². The molecule has 1 amide bonds. The number of rotatable bonds is 4. The number of anilines is 1. The third kappa shape index (κ3) is 3.53. The Kier molecular flexibility index (Phi) is 4.81. The fourth-order valence-electron chi connectivity index (χ4n) is 3.87. The minimum Gasteiger partial charge on any atom is -0.306 e. The van der Waals surface area contributed by atoms with Gasteiger partial charge in [-0.2, -0.15) is 0 Å². The van der Waals surface area contributed by atoms with Gasteiger partial charge in [0.05, 0.1) is 24.1 Å². The standard InChI is InChI=1S/C18H19ClN2O3S2/c19-13-3-1-4-14(9-13)21-17-12-26(23,24)11-16(17)20(10-18(21)22)7-6-15-5-2-8-25-15/h1-5,8-9,16-17H,6-7,10-12H2/t16-,17-/m1/s1. The van der Waals surface area contributed by atoms with Crippen molar-refractivity contribution >= 4 is 44.4 Å². The van der Waals surface area contributed by atoms with Crippen molar-refractivity contribution < 1.29 is 13.2 Å². The minimum absolute atomic E-state index is 0.00538. The first-order valence-electron chi connectivity index (χ1n) is 8.47. The highest BCUT2D eigenvalue weighted by Gasteiger charge is 2.49. The van der Waals surface area contributed by atoms with Gasteiger partial charge >= 0.3 is 0 Å². The van der Waals surface area contributed by atoms with E-state index in [9.17, 15) is 13.2 Å². The third-order valence-electron chi connectivity index (χ3n) is 5.01.